The van der Waals surface area contributed by atoms with Crippen molar-refractivity contribution in [3.8, 4) is 0 Å². The average Bonchev–Trinajstić information content (AvgIpc) is 2.65. The summed E-state index contributed by atoms with van der Waals surface area (Å²) in [6.45, 7) is 1.91. The molecular weight excluding hydrogens is 378 g/mol. The molecule has 27 heavy (non-hydrogen) atoms. The second-order valence-electron chi connectivity index (χ2n) is 6.74. The van der Waals surface area contributed by atoms with Crippen LogP contribution in [0.4, 0.5) is 5.82 Å². The lowest BCUT2D eigenvalue weighted by Gasteiger charge is -2.20. The number of aromatic nitrogens is 2. The summed E-state index contributed by atoms with van der Waals surface area (Å²) in [5.74, 6) is 0.875. The number of nitrogens with zero attached hydrogens (tertiary/aromatic N) is 2. The molecule has 2 heterocycles. The zero-order valence-corrected chi connectivity index (χ0v) is 16.7. The van der Waals surface area contributed by atoms with Gasteiger partial charge in [-0.25, -0.2) is 4.98 Å². The zero-order chi connectivity index (χ0) is 18.8. The first kappa shape index (κ1) is 18.3. The van der Waals surface area contributed by atoms with E-state index in [4.69, 9.17) is 16.6 Å². The molecule has 0 unspecified atom stereocenters. The van der Waals surface area contributed by atoms with Gasteiger partial charge in [-0.1, -0.05) is 23.7 Å². The van der Waals surface area contributed by atoms with Gasteiger partial charge in [-0.2, -0.15) is 0 Å². The van der Waals surface area contributed by atoms with E-state index in [1.807, 2.05) is 37.3 Å². The molecule has 0 atom stereocenters. The highest BCUT2D eigenvalue weighted by Crippen LogP contribution is 2.36. The van der Waals surface area contributed by atoms with Crippen LogP contribution in [0.2, 0.25) is 5.02 Å². The lowest BCUT2D eigenvalue weighted by atomic mass is 9.94. The maximum Gasteiger partial charge on any atom is 0.235 e. The van der Waals surface area contributed by atoms with Crippen LogP contribution in [-0.2, 0) is 17.6 Å². The Morgan fingerprint density at radius 1 is 1.19 bits per heavy atom. The number of thioether (sulfide) groups is 1. The first-order valence-electron chi connectivity index (χ1n) is 9.07. The first-order chi connectivity index (χ1) is 13.1. The van der Waals surface area contributed by atoms with Crippen molar-refractivity contribution in [2.75, 3.05) is 11.1 Å². The van der Waals surface area contributed by atoms with Crippen LogP contribution in [0, 0.1) is 6.92 Å². The first-order valence-corrected chi connectivity index (χ1v) is 10.4. The number of hydrogen-bond donors (Lipinski definition) is 1. The number of hydrogen-bond acceptors (Lipinski definition) is 4. The van der Waals surface area contributed by atoms with E-state index < -0.39 is 0 Å². The molecule has 4 rings (SSSR count). The molecule has 0 bridgehead atoms. The Hall–Kier alpha value is -2.11. The van der Waals surface area contributed by atoms with Gasteiger partial charge in [0.15, 0.2) is 0 Å². The molecule has 138 valence electrons. The molecular formula is C21H20ClN3OS. The van der Waals surface area contributed by atoms with Crippen molar-refractivity contribution >= 4 is 46.0 Å². The fraction of sp³-hybridized carbons (Fsp3) is 0.286. The summed E-state index contributed by atoms with van der Waals surface area (Å²) < 4.78 is 0. The molecule has 4 nitrogen and oxygen atoms in total. The smallest absolute Gasteiger partial charge is 0.235 e. The molecule has 1 amide bonds. The molecule has 0 aliphatic heterocycles. The maximum atomic E-state index is 12.4. The molecule has 1 aliphatic carbocycles. The van der Waals surface area contributed by atoms with E-state index in [-0.39, 0.29) is 5.91 Å². The van der Waals surface area contributed by atoms with Crippen molar-refractivity contribution in [2.45, 2.75) is 37.5 Å². The van der Waals surface area contributed by atoms with Crippen molar-refractivity contribution in [2.24, 2.45) is 0 Å². The largest absolute Gasteiger partial charge is 0.310 e. The van der Waals surface area contributed by atoms with Crippen LogP contribution in [0.25, 0.3) is 10.9 Å². The van der Waals surface area contributed by atoms with Gasteiger partial charge in [-0.05, 0) is 62.4 Å². The summed E-state index contributed by atoms with van der Waals surface area (Å²) in [5.41, 5.74) is 4.24. The predicted molar refractivity (Wildman–Crippen MR) is 112 cm³/mol. The molecule has 1 aliphatic rings. The monoisotopic (exact) mass is 397 g/mol. The SMILES string of the molecule is Cc1cccc(NC(=O)CSc2c3c(nc4cc(Cl)ccc24)CCCC3)n1. The van der Waals surface area contributed by atoms with Gasteiger partial charge in [0, 0.05) is 26.7 Å². The number of anilines is 1. The number of aryl methyl sites for hydroxylation is 2. The summed E-state index contributed by atoms with van der Waals surface area (Å²) in [6.07, 6.45) is 4.34. The molecule has 2 aromatic heterocycles. The van der Waals surface area contributed by atoms with Crippen molar-refractivity contribution in [1.29, 1.82) is 0 Å². The van der Waals surface area contributed by atoms with Gasteiger partial charge < -0.3 is 5.32 Å². The molecule has 3 aromatic rings. The highest BCUT2D eigenvalue weighted by molar-refractivity contribution is 8.00. The standard InChI is InChI=1S/C21H20ClN3OS/c1-13-5-4-8-19(23-13)25-20(26)12-27-21-15-6-2-3-7-17(15)24-18-11-14(22)9-10-16(18)21/h4-5,8-11H,2-3,6-7,12H2,1H3,(H,23,25,26). The third kappa shape index (κ3) is 4.09. The molecule has 0 saturated heterocycles. The minimum Gasteiger partial charge on any atom is -0.310 e. The van der Waals surface area contributed by atoms with Crippen LogP contribution < -0.4 is 5.32 Å². The Labute approximate surface area is 167 Å². The normalized spacial score (nSPS) is 13.4. The van der Waals surface area contributed by atoms with Crippen molar-refractivity contribution in [3.63, 3.8) is 0 Å². The fourth-order valence-electron chi connectivity index (χ4n) is 3.45. The number of pyridine rings is 2. The maximum absolute atomic E-state index is 12.4. The summed E-state index contributed by atoms with van der Waals surface area (Å²) in [7, 11) is 0. The van der Waals surface area contributed by atoms with Gasteiger partial charge in [-0.15, -0.1) is 11.8 Å². The van der Waals surface area contributed by atoms with Crippen molar-refractivity contribution in [3.05, 3.63) is 58.4 Å². The highest BCUT2D eigenvalue weighted by Gasteiger charge is 2.19. The number of fused-ring (bicyclic) bond motifs is 2. The van der Waals surface area contributed by atoms with Gasteiger partial charge in [0.1, 0.15) is 5.82 Å². The summed E-state index contributed by atoms with van der Waals surface area (Å²) in [4.78, 5) is 22.8. The zero-order valence-electron chi connectivity index (χ0n) is 15.1. The quantitative estimate of drug-likeness (QED) is 0.614. The van der Waals surface area contributed by atoms with Gasteiger partial charge in [-0.3, -0.25) is 9.78 Å². The number of benzene rings is 1. The summed E-state index contributed by atoms with van der Waals surface area (Å²) >= 11 is 7.75. The molecule has 1 N–H and O–H groups in total. The van der Waals surface area contributed by atoms with E-state index in [0.717, 1.165) is 41.6 Å². The van der Waals surface area contributed by atoms with Crippen molar-refractivity contribution < 1.29 is 4.79 Å². The lowest BCUT2D eigenvalue weighted by Crippen LogP contribution is -2.16. The number of carbonyl (C=O) groups is 1. The Kier molecular flexibility index (Phi) is 5.32. The molecule has 0 radical (unpaired) electrons. The Morgan fingerprint density at radius 3 is 2.89 bits per heavy atom. The van der Waals surface area contributed by atoms with Crippen LogP contribution in [0.3, 0.4) is 0 Å². The Bertz CT molecular complexity index is 1020. The van der Waals surface area contributed by atoms with E-state index >= 15 is 0 Å². The fourth-order valence-corrected chi connectivity index (χ4v) is 4.68. The third-order valence-electron chi connectivity index (χ3n) is 4.68. The van der Waals surface area contributed by atoms with Crippen LogP contribution in [-0.4, -0.2) is 21.6 Å². The van der Waals surface area contributed by atoms with Crippen LogP contribution in [0.5, 0.6) is 0 Å². The van der Waals surface area contributed by atoms with E-state index in [9.17, 15) is 4.79 Å². The van der Waals surface area contributed by atoms with Gasteiger partial charge in [0.25, 0.3) is 0 Å². The Morgan fingerprint density at radius 2 is 2.04 bits per heavy atom. The van der Waals surface area contributed by atoms with E-state index in [2.05, 4.69) is 10.3 Å². The van der Waals surface area contributed by atoms with Crippen molar-refractivity contribution in [1.82, 2.24) is 9.97 Å². The highest BCUT2D eigenvalue weighted by atomic mass is 35.5. The second-order valence-corrected chi connectivity index (χ2v) is 8.16. The summed E-state index contributed by atoms with van der Waals surface area (Å²) in [6, 6.07) is 11.4. The second kappa shape index (κ2) is 7.87. The number of carbonyl (C=O) groups excluding carboxylic acids is 1. The Balaban J connectivity index is 1.60. The molecule has 0 saturated carbocycles. The number of halogens is 1. The number of amides is 1. The van der Waals surface area contributed by atoms with Gasteiger partial charge in [0.2, 0.25) is 5.91 Å². The topological polar surface area (TPSA) is 54.9 Å². The third-order valence-corrected chi connectivity index (χ3v) is 6.07. The van der Waals surface area contributed by atoms with Gasteiger partial charge in [0.05, 0.1) is 11.3 Å². The minimum atomic E-state index is -0.0541. The van der Waals surface area contributed by atoms with Crippen LogP contribution in [0.15, 0.2) is 41.3 Å². The molecule has 0 fully saturated rings. The number of nitrogens with one attached hydrogen (secondary N) is 1. The predicted octanol–water partition coefficient (Wildman–Crippen LogP) is 5.20. The van der Waals surface area contributed by atoms with E-state index in [0.29, 0.717) is 16.6 Å². The lowest BCUT2D eigenvalue weighted by molar-refractivity contribution is -0.113. The average molecular weight is 398 g/mol. The van der Waals surface area contributed by atoms with Crippen LogP contribution in [0.1, 0.15) is 29.8 Å². The van der Waals surface area contributed by atoms with E-state index in [1.54, 1.807) is 17.8 Å². The van der Waals surface area contributed by atoms with Gasteiger partial charge >= 0.3 is 0 Å². The van der Waals surface area contributed by atoms with E-state index in [1.165, 1.54) is 16.9 Å². The molecule has 1 aromatic carbocycles. The number of rotatable bonds is 4. The van der Waals surface area contributed by atoms with Crippen LogP contribution >= 0.6 is 23.4 Å². The summed E-state index contributed by atoms with van der Waals surface area (Å²) in [5, 5.41) is 4.64. The molecule has 0 spiro atoms. The minimum absolute atomic E-state index is 0.0541. The molecule has 6 heteroatoms.